The highest BCUT2D eigenvalue weighted by Gasteiger charge is 2.31. The van der Waals surface area contributed by atoms with E-state index in [2.05, 4.69) is 5.32 Å². The molecule has 0 saturated heterocycles. The number of carbonyl (C=O) groups excluding carboxylic acids is 2. The molecule has 28 heavy (non-hydrogen) atoms. The second kappa shape index (κ2) is 10.3. The van der Waals surface area contributed by atoms with Gasteiger partial charge in [-0.3, -0.25) is 9.59 Å². The van der Waals surface area contributed by atoms with Crippen molar-refractivity contribution in [2.75, 3.05) is 32.2 Å². The fourth-order valence-electron chi connectivity index (χ4n) is 2.94. The standard InChI is InChI=1S/C19H24F3NO5/c1-26-9-10-27-16-8-7-14(19(20,21)22)11-15(16)23-17(24)12-28-18(25)13-5-3-2-4-6-13/h7-8,11,13H,2-6,9-10,12H2,1H3,(H,23,24). The van der Waals surface area contributed by atoms with Crippen molar-refractivity contribution in [3.05, 3.63) is 23.8 Å². The zero-order valence-electron chi connectivity index (χ0n) is 15.6. The summed E-state index contributed by atoms with van der Waals surface area (Å²) in [5.41, 5.74) is -1.08. The van der Waals surface area contributed by atoms with Gasteiger partial charge in [0.1, 0.15) is 12.4 Å². The van der Waals surface area contributed by atoms with Crippen molar-refractivity contribution in [1.29, 1.82) is 0 Å². The summed E-state index contributed by atoms with van der Waals surface area (Å²) in [6.45, 7) is -0.238. The zero-order valence-corrected chi connectivity index (χ0v) is 15.6. The van der Waals surface area contributed by atoms with Crippen molar-refractivity contribution in [2.45, 2.75) is 38.3 Å². The number of halogens is 3. The van der Waals surface area contributed by atoms with Gasteiger partial charge in [-0.2, -0.15) is 13.2 Å². The predicted octanol–water partition coefficient (Wildman–Crippen LogP) is 3.79. The number of hydrogen-bond acceptors (Lipinski definition) is 5. The van der Waals surface area contributed by atoms with Crippen LogP contribution in [0.1, 0.15) is 37.7 Å². The maximum Gasteiger partial charge on any atom is 0.416 e. The first-order valence-electron chi connectivity index (χ1n) is 9.10. The lowest BCUT2D eigenvalue weighted by molar-refractivity contribution is -0.152. The van der Waals surface area contributed by atoms with Crippen LogP contribution in [-0.4, -0.2) is 38.8 Å². The lowest BCUT2D eigenvalue weighted by Crippen LogP contribution is -2.26. The molecule has 6 nitrogen and oxygen atoms in total. The number of esters is 1. The Morgan fingerprint density at radius 1 is 1.14 bits per heavy atom. The second-order valence-corrected chi connectivity index (χ2v) is 6.54. The van der Waals surface area contributed by atoms with Crippen molar-refractivity contribution < 1.29 is 37.0 Å². The number of hydrogen-bond donors (Lipinski definition) is 1. The van der Waals surface area contributed by atoms with Gasteiger partial charge < -0.3 is 19.5 Å². The van der Waals surface area contributed by atoms with Crippen LogP contribution in [-0.2, 0) is 25.2 Å². The molecule has 0 aliphatic heterocycles. The van der Waals surface area contributed by atoms with E-state index in [0.717, 1.165) is 50.3 Å². The van der Waals surface area contributed by atoms with Crippen LogP contribution in [0.5, 0.6) is 5.75 Å². The summed E-state index contributed by atoms with van der Waals surface area (Å²) in [5.74, 6) is -1.34. The highest BCUT2D eigenvalue weighted by atomic mass is 19.4. The first kappa shape index (κ1) is 22.0. The third-order valence-electron chi connectivity index (χ3n) is 4.41. The molecule has 9 heteroatoms. The summed E-state index contributed by atoms with van der Waals surface area (Å²) in [5, 5.41) is 2.33. The van der Waals surface area contributed by atoms with Gasteiger partial charge in [-0.25, -0.2) is 0 Å². The SMILES string of the molecule is COCCOc1ccc(C(F)(F)F)cc1NC(=O)COC(=O)C1CCCCC1. The Bertz CT molecular complexity index is 672. The van der Waals surface area contributed by atoms with Gasteiger partial charge in [0, 0.05) is 7.11 Å². The topological polar surface area (TPSA) is 73.9 Å². The number of methoxy groups -OCH3 is 1. The highest BCUT2D eigenvalue weighted by Crippen LogP contribution is 2.35. The summed E-state index contributed by atoms with van der Waals surface area (Å²) in [7, 11) is 1.46. The summed E-state index contributed by atoms with van der Waals surface area (Å²) >= 11 is 0. The van der Waals surface area contributed by atoms with Crippen LogP contribution >= 0.6 is 0 Å². The fraction of sp³-hybridized carbons (Fsp3) is 0.579. The van der Waals surface area contributed by atoms with E-state index in [-0.39, 0.29) is 30.6 Å². The van der Waals surface area contributed by atoms with Crippen LogP contribution in [0.4, 0.5) is 18.9 Å². The molecule has 1 saturated carbocycles. The van der Waals surface area contributed by atoms with Gasteiger partial charge in [0.2, 0.25) is 0 Å². The first-order chi connectivity index (χ1) is 13.3. The van der Waals surface area contributed by atoms with E-state index in [1.165, 1.54) is 7.11 Å². The van der Waals surface area contributed by atoms with E-state index in [9.17, 15) is 22.8 Å². The smallest absolute Gasteiger partial charge is 0.416 e. The summed E-state index contributed by atoms with van der Waals surface area (Å²) < 4.78 is 54.1. The van der Waals surface area contributed by atoms with Crippen LogP contribution in [0, 0.1) is 5.92 Å². The number of rotatable bonds is 8. The van der Waals surface area contributed by atoms with E-state index >= 15 is 0 Å². The van der Waals surface area contributed by atoms with Crippen LogP contribution in [0.25, 0.3) is 0 Å². The maximum absolute atomic E-state index is 13.0. The molecular formula is C19H24F3NO5. The number of nitrogens with one attached hydrogen (secondary N) is 1. The Morgan fingerprint density at radius 3 is 2.50 bits per heavy atom. The number of anilines is 1. The van der Waals surface area contributed by atoms with Gasteiger partial charge in [-0.15, -0.1) is 0 Å². The summed E-state index contributed by atoms with van der Waals surface area (Å²) in [6, 6.07) is 2.77. The minimum Gasteiger partial charge on any atom is -0.489 e. The van der Waals surface area contributed by atoms with E-state index in [0.29, 0.717) is 0 Å². The van der Waals surface area contributed by atoms with Crippen molar-refractivity contribution in [3.63, 3.8) is 0 Å². The Labute approximate surface area is 161 Å². The van der Waals surface area contributed by atoms with Gasteiger partial charge >= 0.3 is 12.1 Å². The van der Waals surface area contributed by atoms with Crippen molar-refractivity contribution in [1.82, 2.24) is 0 Å². The number of ether oxygens (including phenoxy) is 3. The van der Waals surface area contributed by atoms with E-state index in [1.54, 1.807) is 0 Å². The minimum absolute atomic E-state index is 0.0667. The maximum atomic E-state index is 13.0. The molecule has 1 aromatic rings. The third kappa shape index (κ3) is 6.70. The fourth-order valence-corrected chi connectivity index (χ4v) is 2.94. The Kier molecular flexibility index (Phi) is 8.10. The molecule has 0 atom stereocenters. The molecule has 1 aliphatic carbocycles. The Balaban J connectivity index is 2.00. The molecule has 156 valence electrons. The molecule has 0 spiro atoms. The third-order valence-corrected chi connectivity index (χ3v) is 4.41. The largest absolute Gasteiger partial charge is 0.489 e. The molecule has 0 heterocycles. The lowest BCUT2D eigenvalue weighted by Gasteiger charge is -2.20. The van der Waals surface area contributed by atoms with E-state index in [4.69, 9.17) is 14.2 Å². The van der Waals surface area contributed by atoms with Gasteiger partial charge in [-0.05, 0) is 31.0 Å². The molecule has 0 radical (unpaired) electrons. The number of benzene rings is 1. The summed E-state index contributed by atoms with van der Waals surface area (Å²) in [4.78, 5) is 24.1. The van der Waals surface area contributed by atoms with Gasteiger partial charge in [0.15, 0.2) is 6.61 Å². The number of amides is 1. The highest BCUT2D eigenvalue weighted by molar-refractivity contribution is 5.94. The molecule has 0 bridgehead atoms. The molecule has 1 N–H and O–H groups in total. The van der Waals surface area contributed by atoms with E-state index < -0.39 is 30.2 Å². The van der Waals surface area contributed by atoms with Gasteiger partial charge in [-0.1, -0.05) is 19.3 Å². The predicted molar refractivity (Wildman–Crippen MR) is 95.0 cm³/mol. The molecule has 1 fully saturated rings. The van der Waals surface area contributed by atoms with Crippen molar-refractivity contribution >= 4 is 17.6 Å². The molecule has 0 unspecified atom stereocenters. The second-order valence-electron chi connectivity index (χ2n) is 6.54. The van der Waals surface area contributed by atoms with Crippen molar-refractivity contribution in [3.8, 4) is 5.75 Å². The van der Waals surface area contributed by atoms with Crippen LogP contribution in [0.2, 0.25) is 0 Å². The molecule has 1 amide bonds. The molecule has 2 rings (SSSR count). The zero-order chi connectivity index (χ0) is 20.6. The quantitative estimate of drug-likeness (QED) is 0.528. The molecule has 1 aromatic carbocycles. The van der Waals surface area contributed by atoms with Crippen molar-refractivity contribution in [2.24, 2.45) is 5.92 Å². The lowest BCUT2D eigenvalue weighted by atomic mass is 9.89. The van der Waals surface area contributed by atoms with Crippen LogP contribution in [0.3, 0.4) is 0 Å². The van der Waals surface area contributed by atoms with E-state index in [1.807, 2.05) is 0 Å². The van der Waals surface area contributed by atoms with Gasteiger partial charge in [0.05, 0.1) is 23.8 Å². The molecular weight excluding hydrogens is 379 g/mol. The Hall–Kier alpha value is -2.29. The molecule has 1 aliphatic rings. The van der Waals surface area contributed by atoms with Gasteiger partial charge in [0.25, 0.3) is 5.91 Å². The minimum atomic E-state index is -4.57. The molecule has 0 aromatic heterocycles. The number of carbonyl (C=O) groups is 2. The van der Waals surface area contributed by atoms with Crippen LogP contribution in [0.15, 0.2) is 18.2 Å². The average molecular weight is 403 g/mol. The average Bonchev–Trinajstić information content (AvgIpc) is 2.67. The number of alkyl halides is 3. The summed E-state index contributed by atoms with van der Waals surface area (Å²) in [6.07, 6.45) is -0.155. The first-order valence-corrected chi connectivity index (χ1v) is 9.10. The van der Waals surface area contributed by atoms with Crippen LogP contribution < -0.4 is 10.1 Å². The monoisotopic (exact) mass is 403 g/mol. The Morgan fingerprint density at radius 2 is 1.86 bits per heavy atom. The normalized spacial score (nSPS) is 15.1.